The fourth-order valence-electron chi connectivity index (χ4n) is 2.98. The molecule has 1 aliphatic heterocycles. The van der Waals surface area contributed by atoms with Crippen molar-refractivity contribution in [2.24, 2.45) is 5.92 Å². The first-order chi connectivity index (χ1) is 10.1. The second kappa shape index (κ2) is 5.70. The Hall–Kier alpha value is -1.52. The molecule has 1 aliphatic rings. The Balaban J connectivity index is 1.88. The predicted octanol–water partition coefficient (Wildman–Crippen LogP) is 3.05. The van der Waals surface area contributed by atoms with Gasteiger partial charge < -0.3 is 15.0 Å². The molecule has 1 amide bonds. The van der Waals surface area contributed by atoms with E-state index in [1.807, 2.05) is 29.2 Å². The summed E-state index contributed by atoms with van der Waals surface area (Å²) in [6.07, 6.45) is 1.91. The number of rotatable bonds is 2. The van der Waals surface area contributed by atoms with Crippen molar-refractivity contribution in [3.63, 3.8) is 0 Å². The van der Waals surface area contributed by atoms with Gasteiger partial charge in [0.15, 0.2) is 0 Å². The van der Waals surface area contributed by atoms with Crippen molar-refractivity contribution in [2.45, 2.75) is 25.8 Å². The number of carbonyl (C=O) groups is 1. The van der Waals surface area contributed by atoms with Crippen LogP contribution in [0.15, 0.2) is 24.3 Å². The number of halogens is 1. The van der Waals surface area contributed by atoms with E-state index in [-0.39, 0.29) is 24.5 Å². The minimum Gasteiger partial charge on any atom is -0.396 e. The van der Waals surface area contributed by atoms with Crippen LogP contribution in [-0.2, 0) is 0 Å². The number of aliphatic hydroxyl groups is 1. The van der Waals surface area contributed by atoms with Gasteiger partial charge in [-0.25, -0.2) is 0 Å². The normalized spacial score (nSPS) is 22.7. The summed E-state index contributed by atoms with van der Waals surface area (Å²) < 4.78 is 0. The highest BCUT2D eigenvalue weighted by atomic mass is 35.5. The summed E-state index contributed by atoms with van der Waals surface area (Å²) in [4.78, 5) is 17.7. The van der Waals surface area contributed by atoms with Crippen LogP contribution in [0.25, 0.3) is 10.9 Å². The first-order valence-corrected chi connectivity index (χ1v) is 7.66. The number of nitrogens with zero attached hydrogens (tertiary/aromatic N) is 1. The average molecular weight is 307 g/mol. The Morgan fingerprint density at radius 1 is 1.43 bits per heavy atom. The summed E-state index contributed by atoms with van der Waals surface area (Å²) in [6, 6.07) is 7.61. The van der Waals surface area contributed by atoms with Crippen LogP contribution in [0.3, 0.4) is 0 Å². The van der Waals surface area contributed by atoms with Crippen LogP contribution in [0.1, 0.15) is 30.3 Å². The number of piperidine rings is 1. The van der Waals surface area contributed by atoms with Crippen LogP contribution < -0.4 is 0 Å². The Labute approximate surface area is 128 Å². The zero-order valence-corrected chi connectivity index (χ0v) is 12.7. The summed E-state index contributed by atoms with van der Waals surface area (Å²) in [7, 11) is 0. The average Bonchev–Trinajstić information content (AvgIpc) is 2.90. The van der Waals surface area contributed by atoms with E-state index >= 15 is 0 Å². The molecule has 1 aromatic carbocycles. The summed E-state index contributed by atoms with van der Waals surface area (Å²) in [5.41, 5.74) is 1.45. The number of hydrogen-bond donors (Lipinski definition) is 2. The lowest BCUT2D eigenvalue weighted by Gasteiger charge is -2.37. The van der Waals surface area contributed by atoms with E-state index in [1.54, 1.807) is 0 Å². The summed E-state index contributed by atoms with van der Waals surface area (Å²) in [5, 5.41) is 11.0. The second-order valence-corrected chi connectivity index (χ2v) is 6.28. The van der Waals surface area contributed by atoms with E-state index in [9.17, 15) is 9.90 Å². The lowest BCUT2D eigenvalue weighted by molar-refractivity contribution is 0.0484. The van der Waals surface area contributed by atoms with Crippen molar-refractivity contribution in [1.29, 1.82) is 0 Å². The first kappa shape index (κ1) is 14.4. The fourth-order valence-corrected chi connectivity index (χ4v) is 3.16. The second-order valence-electron chi connectivity index (χ2n) is 5.85. The molecule has 112 valence electrons. The Morgan fingerprint density at radius 2 is 2.24 bits per heavy atom. The van der Waals surface area contributed by atoms with Crippen molar-refractivity contribution in [3.05, 3.63) is 35.0 Å². The van der Waals surface area contributed by atoms with E-state index in [0.717, 1.165) is 23.7 Å². The number of likely N-dealkylation sites (tertiary alicyclic amines) is 1. The lowest BCUT2D eigenvalue weighted by Crippen LogP contribution is -2.46. The van der Waals surface area contributed by atoms with Crippen LogP contribution in [0, 0.1) is 5.92 Å². The number of carbonyl (C=O) groups excluding carboxylic acids is 1. The van der Waals surface area contributed by atoms with E-state index in [1.165, 1.54) is 0 Å². The molecule has 2 unspecified atom stereocenters. The number of nitrogens with one attached hydrogen (secondary N) is 1. The van der Waals surface area contributed by atoms with Crippen molar-refractivity contribution in [2.75, 3.05) is 13.2 Å². The summed E-state index contributed by atoms with van der Waals surface area (Å²) >= 11 is 5.97. The predicted molar refractivity (Wildman–Crippen MR) is 83.6 cm³/mol. The van der Waals surface area contributed by atoms with Gasteiger partial charge in [0.05, 0.1) is 0 Å². The third-order valence-electron chi connectivity index (χ3n) is 4.31. The molecule has 1 fully saturated rings. The molecule has 0 radical (unpaired) electrons. The Kier molecular flexibility index (Phi) is 3.91. The number of amides is 1. The van der Waals surface area contributed by atoms with Crippen LogP contribution in [0.5, 0.6) is 0 Å². The van der Waals surface area contributed by atoms with E-state index in [0.29, 0.717) is 17.3 Å². The first-order valence-electron chi connectivity index (χ1n) is 7.28. The molecule has 2 atom stereocenters. The summed E-state index contributed by atoms with van der Waals surface area (Å²) in [5.74, 6) is 0.178. The van der Waals surface area contributed by atoms with Crippen LogP contribution in [-0.4, -0.2) is 40.1 Å². The highest BCUT2D eigenvalue weighted by molar-refractivity contribution is 6.31. The molecular weight excluding hydrogens is 288 g/mol. The molecular formula is C16H19ClN2O2. The maximum absolute atomic E-state index is 12.7. The molecule has 2 aromatic rings. The topological polar surface area (TPSA) is 56.3 Å². The van der Waals surface area contributed by atoms with Gasteiger partial charge in [-0.3, -0.25) is 4.79 Å². The Morgan fingerprint density at radius 3 is 3.00 bits per heavy atom. The molecule has 3 rings (SSSR count). The fraction of sp³-hybridized carbons (Fsp3) is 0.438. The van der Waals surface area contributed by atoms with Gasteiger partial charge in [0.2, 0.25) is 0 Å². The monoisotopic (exact) mass is 306 g/mol. The third-order valence-corrected chi connectivity index (χ3v) is 4.55. The molecule has 21 heavy (non-hydrogen) atoms. The quantitative estimate of drug-likeness (QED) is 0.896. The third kappa shape index (κ3) is 2.78. The molecule has 4 nitrogen and oxygen atoms in total. The highest BCUT2D eigenvalue weighted by Gasteiger charge is 2.29. The maximum atomic E-state index is 12.7. The summed E-state index contributed by atoms with van der Waals surface area (Å²) in [6.45, 7) is 2.82. The van der Waals surface area contributed by atoms with Crippen molar-refractivity contribution in [1.82, 2.24) is 9.88 Å². The minimum atomic E-state index is -0.00651. The maximum Gasteiger partial charge on any atom is 0.270 e. The molecule has 0 aliphatic carbocycles. The number of aliphatic hydroxyl groups excluding tert-OH is 1. The molecule has 2 heterocycles. The molecule has 2 N–H and O–H groups in total. The largest absolute Gasteiger partial charge is 0.396 e. The van der Waals surface area contributed by atoms with Crippen LogP contribution >= 0.6 is 11.6 Å². The van der Waals surface area contributed by atoms with Crippen LogP contribution in [0.4, 0.5) is 0 Å². The van der Waals surface area contributed by atoms with Crippen LogP contribution in [0.2, 0.25) is 5.02 Å². The van der Waals surface area contributed by atoms with Gasteiger partial charge in [0, 0.05) is 35.1 Å². The van der Waals surface area contributed by atoms with Gasteiger partial charge in [-0.2, -0.15) is 0 Å². The van der Waals surface area contributed by atoms with Gasteiger partial charge in [0.25, 0.3) is 5.91 Å². The zero-order chi connectivity index (χ0) is 15.0. The molecule has 5 heteroatoms. The molecule has 1 aromatic heterocycles. The zero-order valence-electron chi connectivity index (χ0n) is 12.0. The van der Waals surface area contributed by atoms with Crippen molar-refractivity contribution >= 4 is 28.4 Å². The number of aromatic amines is 1. The van der Waals surface area contributed by atoms with Gasteiger partial charge in [-0.15, -0.1) is 0 Å². The van der Waals surface area contributed by atoms with E-state index in [2.05, 4.69) is 11.9 Å². The number of hydrogen-bond acceptors (Lipinski definition) is 2. The molecule has 1 saturated heterocycles. The smallest absolute Gasteiger partial charge is 0.270 e. The lowest BCUT2D eigenvalue weighted by atomic mass is 9.94. The SMILES string of the molecule is CC1CCC(CO)CN1C(=O)c1cc2ccc(Cl)cc2[nH]1. The number of fused-ring (bicyclic) bond motifs is 1. The molecule has 0 saturated carbocycles. The van der Waals surface area contributed by atoms with Gasteiger partial charge >= 0.3 is 0 Å². The van der Waals surface area contributed by atoms with Crippen molar-refractivity contribution in [3.8, 4) is 0 Å². The number of H-pyrrole nitrogens is 1. The number of benzene rings is 1. The highest BCUT2D eigenvalue weighted by Crippen LogP contribution is 2.25. The number of aromatic nitrogens is 1. The van der Waals surface area contributed by atoms with Crippen molar-refractivity contribution < 1.29 is 9.90 Å². The van der Waals surface area contributed by atoms with E-state index in [4.69, 9.17) is 11.6 Å². The van der Waals surface area contributed by atoms with Gasteiger partial charge in [0.1, 0.15) is 5.69 Å². The minimum absolute atomic E-state index is 0.00651. The molecule has 0 bridgehead atoms. The molecule has 0 spiro atoms. The van der Waals surface area contributed by atoms with Gasteiger partial charge in [-0.05, 0) is 43.9 Å². The Bertz CT molecular complexity index is 667. The van der Waals surface area contributed by atoms with Gasteiger partial charge in [-0.1, -0.05) is 17.7 Å². The van der Waals surface area contributed by atoms with E-state index < -0.39 is 0 Å². The standard InChI is InChI=1S/C16H19ClN2O2/c1-10-2-3-11(9-20)8-19(10)16(21)15-6-12-4-5-13(17)7-14(12)18-15/h4-7,10-11,18,20H,2-3,8-9H2,1H3.